The molecular formula is C15H17BrO4. The van der Waals surface area contributed by atoms with Gasteiger partial charge in [0.2, 0.25) is 0 Å². The van der Waals surface area contributed by atoms with Crippen molar-refractivity contribution in [1.29, 1.82) is 0 Å². The fraction of sp³-hybridized carbons (Fsp3) is 0.467. The van der Waals surface area contributed by atoms with Crippen LogP contribution in [0.25, 0.3) is 0 Å². The fourth-order valence-corrected chi connectivity index (χ4v) is 2.77. The minimum Gasteiger partial charge on any atom is -0.496 e. The van der Waals surface area contributed by atoms with E-state index in [9.17, 15) is 9.59 Å². The van der Waals surface area contributed by atoms with E-state index in [1.165, 1.54) is 7.11 Å². The molecule has 0 saturated heterocycles. The summed E-state index contributed by atoms with van der Waals surface area (Å²) >= 11 is 3.42. The number of ketones is 1. The molecule has 1 unspecified atom stereocenters. The molecule has 0 aliphatic heterocycles. The number of carbonyl (C=O) groups excluding carboxylic acids is 2. The summed E-state index contributed by atoms with van der Waals surface area (Å²) < 4.78 is 11.4. The second-order valence-corrected chi connectivity index (χ2v) is 6.61. The normalized spacial score (nSPS) is 17.9. The maximum atomic E-state index is 12.5. The third-order valence-corrected chi connectivity index (χ3v) is 3.84. The van der Waals surface area contributed by atoms with Crippen LogP contribution in [0.4, 0.5) is 0 Å². The molecule has 0 heterocycles. The predicted octanol–water partition coefficient (Wildman–Crippen LogP) is 3.15. The van der Waals surface area contributed by atoms with Gasteiger partial charge in [-0.3, -0.25) is 9.59 Å². The van der Waals surface area contributed by atoms with Crippen LogP contribution >= 0.6 is 15.9 Å². The summed E-state index contributed by atoms with van der Waals surface area (Å²) in [6, 6.07) is 3.54. The SMILES string of the molecule is COc1ccc(Br)c2c1C(=O)C(C(=O)OC(C)(C)C)C2. The number of rotatable bonds is 2. The van der Waals surface area contributed by atoms with Crippen LogP contribution in [0.5, 0.6) is 5.75 Å². The Labute approximate surface area is 126 Å². The molecule has 1 atom stereocenters. The van der Waals surface area contributed by atoms with Crippen LogP contribution in [0.15, 0.2) is 16.6 Å². The van der Waals surface area contributed by atoms with Gasteiger partial charge in [0.1, 0.15) is 17.3 Å². The molecule has 0 amide bonds. The van der Waals surface area contributed by atoms with Gasteiger partial charge in [-0.15, -0.1) is 0 Å². The number of ether oxygens (including phenoxy) is 2. The maximum absolute atomic E-state index is 12.5. The highest BCUT2D eigenvalue weighted by molar-refractivity contribution is 9.10. The Morgan fingerprint density at radius 3 is 2.55 bits per heavy atom. The lowest BCUT2D eigenvalue weighted by molar-refractivity contribution is -0.157. The fourth-order valence-electron chi connectivity index (χ4n) is 2.28. The molecule has 1 aliphatic rings. The van der Waals surface area contributed by atoms with Crippen molar-refractivity contribution in [3.05, 3.63) is 27.7 Å². The van der Waals surface area contributed by atoms with Crippen molar-refractivity contribution in [3.63, 3.8) is 0 Å². The average molecular weight is 341 g/mol. The number of hydrogen-bond donors (Lipinski definition) is 0. The lowest BCUT2D eigenvalue weighted by atomic mass is 10.0. The number of hydrogen-bond acceptors (Lipinski definition) is 4. The standard InChI is InChI=1S/C15H17BrO4/c1-15(2,3)20-14(18)9-7-8-10(16)5-6-11(19-4)12(8)13(9)17/h5-6,9H,7H2,1-4H3. The molecule has 1 aliphatic carbocycles. The molecule has 1 aromatic rings. The number of fused-ring (bicyclic) bond motifs is 1. The van der Waals surface area contributed by atoms with Crippen molar-refractivity contribution in [1.82, 2.24) is 0 Å². The zero-order valence-electron chi connectivity index (χ0n) is 12.0. The van der Waals surface area contributed by atoms with Crippen molar-refractivity contribution in [2.24, 2.45) is 5.92 Å². The van der Waals surface area contributed by atoms with Gasteiger partial charge in [-0.05, 0) is 44.9 Å². The van der Waals surface area contributed by atoms with Crippen molar-refractivity contribution >= 4 is 27.7 Å². The van der Waals surface area contributed by atoms with Crippen LogP contribution in [0, 0.1) is 5.92 Å². The van der Waals surface area contributed by atoms with Gasteiger partial charge in [0.25, 0.3) is 0 Å². The molecule has 0 radical (unpaired) electrons. The van der Waals surface area contributed by atoms with E-state index in [-0.39, 0.29) is 5.78 Å². The monoisotopic (exact) mass is 340 g/mol. The Hall–Kier alpha value is -1.36. The predicted molar refractivity (Wildman–Crippen MR) is 78.1 cm³/mol. The molecule has 4 nitrogen and oxygen atoms in total. The molecule has 0 spiro atoms. The third-order valence-electron chi connectivity index (χ3n) is 3.10. The van der Waals surface area contributed by atoms with Gasteiger partial charge in [-0.25, -0.2) is 0 Å². The first-order valence-corrected chi connectivity index (χ1v) is 7.16. The number of carbonyl (C=O) groups is 2. The number of methoxy groups -OCH3 is 1. The van der Waals surface area contributed by atoms with Gasteiger partial charge < -0.3 is 9.47 Å². The van der Waals surface area contributed by atoms with Crippen molar-refractivity contribution in [3.8, 4) is 5.75 Å². The number of esters is 1. The molecule has 0 N–H and O–H groups in total. The minimum absolute atomic E-state index is 0.229. The van der Waals surface area contributed by atoms with E-state index in [1.54, 1.807) is 26.8 Å². The topological polar surface area (TPSA) is 52.6 Å². The van der Waals surface area contributed by atoms with Crippen LogP contribution in [0.1, 0.15) is 36.7 Å². The zero-order chi connectivity index (χ0) is 15.1. The van der Waals surface area contributed by atoms with Crippen molar-refractivity contribution in [2.45, 2.75) is 32.8 Å². The zero-order valence-corrected chi connectivity index (χ0v) is 13.5. The van der Waals surface area contributed by atoms with Crippen LogP contribution < -0.4 is 4.74 Å². The average Bonchev–Trinajstić information content (AvgIpc) is 2.67. The van der Waals surface area contributed by atoms with E-state index in [0.29, 0.717) is 17.7 Å². The Balaban J connectivity index is 2.34. The van der Waals surface area contributed by atoms with E-state index >= 15 is 0 Å². The van der Waals surface area contributed by atoms with E-state index in [0.717, 1.165) is 10.0 Å². The first-order chi connectivity index (χ1) is 9.24. The molecular weight excluding hydrogens is 324 g/mol. The first-order valence-electron chi connectivity index (χ1n) is 6.37. The summed E-state index contributed by atoms with van der Waals surface area (Å²) in [7, 11) is 1.51. The summed E-state index contributed by atoms with van der Waals surface area (Å²) in [6.07, 6.45) is 0.348. The second kappa shape index (κ2) is 5.20. The van der Waals surface area contributed by atoms with Gasteiger partial charge in [0, 0.05) is 4.47 Å². The molecule has 1 aromatic carbocycles. The van der Waals surface area contributed by atoms with E-state index in [4.69, 9.17) is 9.47 Å². The number of halogens is 1. The summed E-state index contributed by atoms with van der Waals surface area (Å²) in [6.45, 7) is 5.36. The van der Waals surface area contributed by atoms with Crippen LogP contribution in [-0.4, -0.2) is 24.5 Å². The lowest BCUT2D eigenvalue weighted by Gasteiger charge is -2.21. The molecule has 0 aromatic heterocycles. The Kier molecular flexibility index (Phi) is 3.91. The largest absolute Gasteiger partial charge is 0.496 e. The summed E-state index contributed by atoms with van der Waals surface area (Å²) in [5.41, 5.74) is 0.691. The highest BCUT2D eigenvalue weighted by atomic mass is 79.9. The Morgan fingerprint density at radius 2 is 2.00 bits per heavy atom. The van der Waals surface area contributed by atoms with Gasteiger partial charge in [-0.1, -0.05) is 15.9 Å². The third kappa shape index (κ3) is 2.73. The first kappa shape index (κ1) is 15.0. The van der Waals surface area contributed by atoms with Gasteiger partial charge in [0.15, 0.2) is 5.78 Å². The van der Waals surface area contributed by atoms with Gasteiger partial charge >= 0.3 is 5.97 Å². The molecule has 5 heteroatoms. The number of Topliss-reactive ketones (excluding diaryl/α,β-unsaturated/α-hetero) is 1. The van der Waals surface area contributed by atoms with Crippen molar-refractivity contribution in [2.75, 3.05) is 7.11 Å². The van der Waals surface area contributed by atoms with E-state index in [1.807, 2.05) is 6.07 Å². The minimum atomic E-state index is -0.781. The molecule has 2 rings (SSSR count). The summed E-state index contributed by atoms with van der Waals surface area (Å²) in [5, 5.41) is 0. The van der Waals surface area contributed by atoms with Gasteiger partial charge in [0.05, 0.1) is 12.7 Å². The summed E-state index contributed by atoms with van der Waals surface area (Å²) in [4.78, 5) is 24.6. The van der Waals surface area contributed by atoms with Crippen LogP contribution in [0.3, 0.4) is 0 Å². The Bertz CT molecular complexity index is 572. The highest BCUT2D eigenvalue weighted by Crippen LogP contribution is 2.39. The van der Waals surface area contributed by atoms with E-state index < -0.39 is 17.5 Å². The lowest BCUT2D eigenvalue weighted by Crippen LogP contribution is -2.31. The molecule has 20 heavy (non-hydrogen) atoms. The van der Waals surface area contributed by atoms with Crippen LogP contribution in [0.2, 0.25) is 0 Å². The second-order valence-electron chi connectivity index (χ2n) is 5.76. The molecule has 0 saturated carbocycles. The summed E-state index contributed by atoms with van der Waals surface area (Å²) in [5.74, 6) is -0.990. The molecule has 108 valence electrons. The maximum Gasteiger partial charge on any atom is 0.317 e. The van der Waals surface area contributed by atoms with Crippen molar-refractivity contribution < 1.29 is 19.1 Å². The molecule has 0 bridgehead atoms. The Morgan fingerprint density at radius 1 is 1.35 bits per heavy atom. The quantitative estimate of drug-likeness (QED) is 0.613. The van der Waals surface area contributed by atoms with Gasteiger partial charge in [-0.2, -0.15) is 0 Å². The van der Waals surface area contributed by atoms with E-state index in [2.05, 4.69) is 15.9 Å². The number of benzene rings is 1. The highest BCUT2D eigenvalue weighted by Gasteiger charge is 2.41. The van der Waals surface area contributed by atoms with Crippen LogP contribution in [-0.2, 0) is 16.0 Å². The molecule has 0 fully saturated rings. The smallest absolute Gasteiger partial charge is 0.317 e.